The van der Waals surface area contributed by atoms with E-state index < -0.39 is 23.9 Å². The molecule has 16 bridgehead atoms. The van der Waals surface area contributed by atoms with Crippen LogP contribution in [-0.4, -0.2) is 123 Å². The number of nitrogens with one attached hydrogen (secondary N) is 2. The molecular weight excluding hydrogens is 1440 g/mol. The van der Waals surface area contributed by atoms with Crippen molar-refractivity contribution in [3.05, 3.63) is 249 Å². The lowest BCUT2D eigenvalue weighted by Crippen LogP contribution is -2.17. The van der Waals surface area contributed by atoms with Crippen LogP contribution in [0.2, 0.25) is 10.6 Å². The number of nitrogens with zero attached hydrogens (tertiary/aromatic N) is 12. The van der Waals surface area contributed by atoms with Crippen LogP contribution in [0.4, 0.5) is 11.9 Å². The summed E-state index contributed by atoms with van der Waals surface area (Å²) in [4.78, 5) is 106. The molecule has 32 nitrogen and oxygen atoms in total. The van der Waals surface area contributed by atoms with E-state index in [1.165, 1.54) is 72.8 Å². The molecule has 0 unspecified atom stereocenters. The molecule has 0 radical (unpaired) electrons. The van der Waals surface area contributed by atoms with Crippen LogP contribution >= 0.6 is 23.2 Å². The monoisotopic (exact) mass is 1500 g/mol. The highest BCUT2D eigenvalue weighted by molar-refractivity contribution is 6.28. The number of carbonyl (C=O) groups excluding carboxylic acids is 4. The molecule has 108 heavy (non-hydrogen) atoms. The zero-order chi connectivity index (χ0) is 74.0. The first-order valence-corrected chi connectivity index (χ1v) is 33.4. The standard InChI is InChI=1S/C74H54Cl2N14O18/c75-63-79-67-87-68(80-63)102-52-28-48(60(92)98-40-44-15-7-2-8-16-44)32-56(36-52)106-72-84-65(83-71(89-72)105-55-31-47(27-51(35-55)101-67)59(91)97-39-43-13-5-1-6-14-43)77-21-23-95-25-26-96-24-22-78-66-85-73-90-74(86-66)108-58-34-50(62(94)100-42-46-19-11-4-12-20-46)30-54(38-58)104-70-82-64(76)81-69(88-70)103-53-29-49(33-57(37-53)107-73)61(93)99-41-45-17-9-3-10-18-45/h1-20,27-38H,21-26,39-42H2,(H,77,83,84,89)(H,78,85,86,90). The van der Waals surface area contributed by atoms with Crippen molar-refractivity contribution in [3.63, 3.8) is 0 Å². The van der Waals surface area contributed by atoms with Gasteiger partial charge in [-0.25, -0.2) is 19.2 Å². The molecule has 0 saturated heterocycles. The Morgan fingerprint density at radius 1 is 0.278 bits per heavy atom. The van der Waals surface area contributed by atoms with Crippen molar-refractivity contribution >= 4 is 59.0 Å². The normalized spacial score (nSPS) is 11.7. The number of halogens is 2. The van der Waals surface area contributed by atoms with E-state index in [1.807, 2.05) is 72.8 Å². The van der Waals surface area contributed by atoms with Gasteiger partial charge in [0.15, 0.2) is 0 Å². The Bertz CT molecular complexity index is 4630. The third kappa shape index (κ3) is 20.1. The highest BCUT2D eigenvalue weighted by Crippen LogP contribution is 2.37. The molecule has 4 aromatic heterocycles. The van der Waals surface area contributed by atoms with E-state index in [9.17, 15) is 19.2 Å². The number of fused-ring (bicyclic) bond motifs is 16. The van der Waals surface area contributed by atoms with E-state index in [0.717, 1.165) is 22.3 Å². The fourth-order valence-corrected chi connectivity index (χ4v) is 10.2. The minimum absolute atomic E-state index is 0.0102. The van der Waals surface area contributed by atoms with Gasteiger partial charge >= 0.3 is 72.0 Å². The second kappa shape index (κ2) is 34.2. The Hall–Kier alpha value is -13.8. The molecule has 0 fully saturated rings. The summed E-state index contributed by atoms with van der Waals surface area (Å²) in [5.41, 5.74) is 2.91. The number of rotatable bonds is 23. The lowest BCUT2D eigenvalue weighted by molar-refractivity contribution is 0.0463. The topological polar surface area (TPSA) is 376 Å². The quantitative estimate of drug-likeness (QED) is 0.0341. The van der Waals surface area contributed by atoms with E-state index in [-0.39, 0.29) is 205 Å². The van der Waals surface area contributed by atoms with Gasteiger partial charge in [-0.15, -0.1) is 19.9 Å². The molecule has 2 aliphatic rings. The average Bonchev–Trinajstić information content (AvgIpc) is 0.812. The van der Waals surface area contributed by atoms with Crippen LogP contribution in [0.5, 0.6) is 94.1 Å². The molecule has 34 heteroatoms. The summed E-state index contributed by atoms with van der Waals surface area (Å²) >= 11 is 12.7. The summed E-state index contributed by atoms with van der Waals surface area (Å²) in [6.45, 7) is 0.481. The number of benzene rings is 8. The summed E-state index contributed by atoms with van der Waals surface area (Å²) in [5.74, 6) is -3.22. The van der Waals surface area contributed by atoms with Gasteiger partial charge in [-0.2, -0.15) is 39.9 Å². The lowest BCUT2D eigenvalue weighted by Gasteiger charge is -2.14. The van der Waals surface area contributed by atoms with Crippen molar-refractivity contribution in [1.29, 1.82) is 0 Å². The first-order valence-electron chi connectivity index (χ1n) is 32.6. The first kappa shape index (κ1) is 71.2. The Morgan fingerprint density at radius 2 is 0.491 bits per heavy atom. The van der Waals surface area contributed by atoms with Gasteiger partial charge in [0.05, 0.1) is 48.7 Å². The Balaban J connectivity index is 0.658. The van der Waals surface area contributed by atoms with Crippen LogP contribution < -0.4 is 48.5 Å². The van der Waals surface area contributed by atoms with Gasteiger partial charge in [-0.3, -0.25) is 0 Å². The van der Waals surface area contributed by atoms with Crippen LogP contribution in [0, 0.1) is 0 Å². The molecule has 2 N–H and O–H groups in total. The van der Waals surface area contributed by atoms with E-state index in [1.54, 1.807) is 48.5 Å². The van der Waals surface area contributed by atoms with Crippen molar-refractivity contribution < 1.29 is 85.5 Å². The van der Waals surface area contributed by atoms with Crippen molar-refractivity contribution in [1.82, 2.24) is 59.8 Å². The zero-order valence-corrected chi connectivity index (χ0v) is 57.5. The predicted molar refractivity (Wildman–Crippen MR) is 377 cm³/mol. The summed E-state index contributed by atoms with van der Waals surface area (Å²) in [6, 6.07) is 50.2. The molecule has 6 heterocycles. The highest BCUT2D eigenvalue weighted by Gasteiger charge is 2.24. The van der Waals surface area contributed by atoms with Crippen molar-refractivity contribution in [3.8, 4) is 94.1 Å². The van der Waals surface area contributed by atoms with Gasteiger partial charge in [-0.1, -0.05) is 121 Å². The minimum atomic E-state index is -0.743. The van der Waals surface area contributed by atoms with Crippen LogP contribution in [0.15, 0.2) is 194 Å². The summed E-state index contributed by atoms with van der Waals surface area (Å²) in [6.07, 6.45) is 0. The maximum atomic E-state index is 13.7. The maximum absolute atomic E-state index is 13.7. The summed E-state index contributed by atoms with van der Waals surface area (Å²) in [5, 5.41) is 5.51. The summed E-state index contributed by atoms with van der Waals surface area (Å²) in [7, 11) is 0. The number of esters is 4. The van der Waals surface area contributed by atoms with E-state index >= 15 is 0 Å². The van der Waals surface area contributed by atoms with E-state index in [0.29, 0.717) is 0 Å². The fraction of sp³-hybridized carbons (Fsp3) is 0.135. The van der Waals surface area contributed by atoms with Crippen molar-refractivity contribution in [2.75, 3.05) is 50.2 Å². The molecule has 12 aromatic rings. The van der Waals surface area contributed by atoms with E-state index in [4.69, 9.17) is 89.5 Å². The SMILES string of the molecule is O=C(OCc1ccccc1)c1cc2cc(c1)Oc1nc(NCCOCCOCCNc3nc4nc(n3)Oc3cc(cc(C(=O)OCc5ccccc5)c3)Oc3nc(Cl)nc(n3)Oc3cc(cc(C(=O)OCc5ccccc5)c3)O4)nc(n1)Oc1cc(cc(C(=O)OCc3ccccc3)c1)Oc1nc(Cl)nc(n1)O2. The third-order valence-corrected chi connectivity index (χ3v) is 15.1. The minimum Gasteiger partial charge on any atom is -0.457 e. The van der Waals surface area contributed by atoms with Gasteiger partial charge in [0.25, 0.3) is 0 Å². The molecule has 0 saturated carbocycles. The van der Waals surface area contributed by atoms with Crippen LogP contribution in [0.25, 0.3) is 0 Å². The van der Waals surface area contributed by atoms with Gasteiger partial charge in [-0.05, 0) is 94.0 Å². The van der Waals surface area contributed by atoms with Crippen LogP contribution in [0.1, 0.15) is 63.7 Å². The van der Waals surface area contributed by atoms with Crippen LogP contribution in [0.3, 0.4) is 0 Å². The Kier molecular flexibility index (Phi) is 22.5. The largest absolute Gasteiger partial charge is 0.457 e. The number of carbonyl (C=O) groups is 4. The number of ether oxygens (including phenoxy) is 14. The zero-order valence-electron chi connectivity index (χ0n) is 56.0. The van der Waals surface area contributed by atoms with E-state index in [2.05, 4.69) is 70.4 Å². The fourth-order valence-electron chi connectivity index (χ4n) is 9.92. The second-order valence-electron chi connectivity index (χ2n) is 22.7. The Labute approximate surface area is 621 Å². The van der Waals surface area contributed by atoms with Gasteiger partial charge in [0.2, 0.25) is 22.5 Å². The molecule has 0 spiro atoms. The predicted octanol–water partition coefficient (Wildman–Crippen LogP) is 13.7. The van der Waals surface area contributed by atoms with Crippen molar-refractivity contribution in [2.24, 2.45) is 0 Å². The molecule has 8 aromatic carbocycles. The third-order valence-electron chi connectivity index (χ3n) is 14.7. The number of hydrogen-bond donors (Lipinski definition) is 2. The average molecular weight is 1500 g/mol. The molecule has 14 rings (SSSR count). The Morgan fingerprint density at radius 3 is 0.713 bits per heavy atom. The van der Waals surface area contributed by atoms with Gasteiger partial charge in [0, 0.05) is 37.4 Å². The number of anilines is 2. The highest BCUT2D eigenvalue weighted by atomic mass is 35.5. The van der Waals surface area contributed by atoms with Crippen molar-refractivity contribution in [2.45, 2.75) is 26.4 Å². The number of aromatic nitrogens is 12. The summed E-state index contributed by atoms with van der Waals surface area (Å²) < 4.78 is 83.5. The first-order chi connectivity index (χ1) is 52.8. The molecule has 0 aliphatic carbocycles. The molecule has 0 amide bonds. The van der Waals surface area contributed by atoms with Crippen LogP contribution in [-0.2, 0) is 54.8 Å². The molecule has 0 atom stereocenters. The van der Waals surface area contributed by atoms with Gasteiger partial charge < -0.3 is 76.9 Å². The maximum Gasteiger partial charge on any atom is 0.338 e. The van der Waals surface area contributed by atoms with Gasteiger partial charge in [0.1, 0.15) is 72.4 Å². The smallest absolute Gasteiger partial charge is 0.338 e. The number of hydrogen-bond acceptors (Lipinski definition) is 32. The second-order valence-corrected chi connectivity index (χ2v) is 23.4. The lowest BCUT2D eigenvalue weighted by atomic mass is 10.2. The molecule has 2 aliphatic heterocycles. The molecular formula is C74H54Cl2N14O18. The molecule has 542 valence electrons.